The Hall–Kier alpha value is 2.81. The molecule has 0 rings (SSSR count). The molecule has 0 aliphatic heterocycles. The molecule has 0 amide bonds. The summed E-state index contributed by atoms with van der Waals surface area (Å²) in [4.78, 5) is 0. The second kappa shape index (κ2) is 33.3. The first-order valence-corrected chi connectivity index (χ1v) is 31.9. The van der Waals surface area contributed by atoms with Gasteiger partial charge in [0, 0.05) is 0 Å². The molecule has 0 nitrogen and oxygen atoms in total. The minimum atomic E-state index is -1.92. The van der Waals surface area contributed by atoms with Crippen LogP contribution in [0.1, 0.15) is 125 Å². The van der Waals surface area contributed by atoms with Crippen LogP contribution in [0, 0.1) is 53.3 Å². The van der Waals surface area contributed by atoms with Crippen molar-refractivity contribution in [2.75, 3.05) is 55.5 Å². The second-order valence-corrected chi connectivity index (χ2v) is 34.0. The number of rotatable bonds is 18. The van der Waals surface area contributed by atoms with E-state index in [1.165, 1.54) is 55.5 Å². The van der Waals surface area contributed by atoms with Gasteiger partial charge in [-0.2, -0.15) is 0 Å². The van der Waals surface area contributed by atoms with E-state index < -0.39 is 13.5 Å². The zero-order valence-corrected chi connectivity index (χ0v) is 39.7. The number of halogens is 3. The molecule has 0 aromatic rings. The predicted octanol–water partition coefficient (Wildman–Crippen LogP) is 15.4. The molecule has 0 saturated carbocycles. The Morgan fingerprint density at radius 1 is 0.279 bits per heavy atom. The molecule has 0 aromatic carbocycles. The van der Waals surface area contributed by atoms with Crippen molar-refractivity contribution in [2.45, 2.75) is 125 Å². The van der Waals surface area contributed by atoms with Crippen LogP contribution in [0.3, 0.4) is 0 Å². The number of hydrogen-bond acceptors (Lipinski definition) is 0. The molecule has 0 aliphatic rings. The van der Waals surface area contributed by atoms with Gasteiger partial charge in [0.2, 0.25) is 0 Å². The third-order valence-corrected chi connectivity index (χ3v) is 16.8. The maximum atomic E-state index is 4.97. The molecule has 0 bridgehead atoms. The van der Waals surface area contributed by atoms with E-state index in [0.717, 1.165) is 53.3 Å². The van der Waals surface area contributed by atoms with Gasteiger partial charge in [0.25, 0.3) is 0 Å². The van der Waals surface area contributed by atoms with Gasteiger partial charge in [0.15, 0.2) is 0 Å². The summed E-state index contributed by atoms with van der Waals surface area (Å²) in [5, 5.41) is 0. The van der Waals surface area contributed by atoms with E-state index in [0.29, 0.717) is 23.8 Å². The summed E-state index contributed by atoms with van der Waals surface area (Å²) in [6.45, 7) is 42.4. The Labute approximate surface area is 297 Å². The third kappa shape index (κ3) is 54.5. The zero-order chi connectivity index (χ0) is 34.9. The molecule has 0 heterocycles. The normalized spacial score (nSPS) is 12.3. The summed E-state index contributed by atoms with van der Waals surface area (Å²) in [5.74, 6) is 8.03. The zero-order valence-electron chi connectivity index (χ0n) is 32.4. The molecule has 0 atom stereocenters. The van der Waals surface area contributed by atoms with E-state index >= 15 is 0 Å². The van der Waals surface area contributed by atoms with Crippen LogP contribution in [0.4, 0.5) is 0 Å². The van der Waals surface area contributed by atoms with Crippen LogP contribution < -0.4 is 0 Å². The maximum absolute atomic E-state index is 4.97. The SMILES string of the molecule is CC(C)CP(CC(C)C)CC(C)C.CC(C)CP(CC(C)C)CC(C)C.CC(C)CP(CC(C)C)CC(C)C.[Cl][Ir]([Cl])[Cl]. The fourth-order valence-electron chi connectivity index (χ4n) is 5.32. The first kappa shape index (κ1) is 52.6. The van der Waals surface area contributed by atoms with Gasteiger partial charge in [-0.3, -0.25) is 0 Å². The Kier molecular flexibility index (Phi) is 40.8. The molecule has 270 valence electrons. The van der Waals surface area contributed by atoms with Crippen LogP contribution in [0.5, 0.6) is 0 Å². The van der Waals surface area contributed by atoms with Gasteiger partial charge < -0.3 is 0 Å². The molecular formula is C36H81Cl3IrP3. The van der Waals surface area contributed by atoms with Gasteiger partial charge in [-0.15, -0.1) is 23.8 Å². The van der Waals surface area contributed by atoms with Crippen LogP contribution in [0.2, 0.25) is 0 Å². The quantitative estimate of drug-likeness (QED) is 0.120. The average molecular weight is 906 g/mol. The fraction of sp³-hybridized carbons (Fsp3) is 1.00. The van der Waals surface area contributed by atoms with Crippen molar-refractivity contribution in [2.24, 2.45) is 53.3 Å². The molecule has 0 radical (unpaired) electrons. The Balaban J connectivity index is -0.000000249. The van der Waals surface area contributed by atoms with Crippen LogP contribution in [-0.4, -0.2) is 55.5 Å². The van der Waals surface area contributed by atoms with Crippen molar-refractivity contribution in [1.82, 2.24) is 0 Å². The third-order valence-electron chi connectivity index (χ3n) is 5.61. The average Bonchev–Trinajstić information content (AvgIpc) is 2.69. The van der Waals surface area contributed by atoms with Gasteiger partial charge in [-0.1, -0.05) is 125 Å². The van der Waals surface area contributed by atoms with E-state index in [4.69, 9.17) is 28.8 Å². The summed E-state index contributed by atoms with van der Waals surface area (Å²) in [6, 6.07) is 0. The Morgan fingerprint density at radius 3 is 0.395 bits per heavy atom. The van der Waals surface area contributed by atoms with Crippen molar-refractivity contribution in [3.8, 4) is 0 Å². The van der Waals surface area contributed by atoms with Crippen molar-refractivity contribution in [3.63, 3.8) is 0 Å². The van der Waals surface area contributed by atoms with Crippen LogP contribution in [0.25, 0.3) is 0 Å². The monoisotopic (exact) mass is 904 g/mol. The standard InChI is InChI=1S/3C12H27P.3ClH.Ir/c3*1-10(2)7-13(8-11(3)4)9-12(5)6;;;;/h3*10-12H,7-9H2,1-6H3;3*1H;/q;;;;;;+3/p-3. The molecule has 0 spiro atoms. The van der Waals surface area contributed by atoms with E-state index in [-0.39, 0.29) is 0 Å². The van der Waals surface area contributed by atoms with Gasteiger partial charge in [0.1, 0.15) is 0 Å². The van der Waals surface area contributed by atoms with Gasteiger partial charge >= 0.3 is 42.2 Å². The molecule has 0 N–H and O–H groups in total. The first-order valence-electron chi connectivity index (χ1n) is 17.3. The Bertz CT molecular complexity index is 408. The van der Waals surface area contributed by atoms with Crippen LogP contribution in [-0.2, 0) is 13.5 Å². The molecule has 0 saturated heterocycles. The van der Waals surface area contributed by atoms with E-state index in [2.05, 4.69) is 125 Å². The second-order valence-electron chi connectivity index (χ2n) is 16.3. The van der Waals surface area contributed by atoms with Crippen LogP contribution >= 0.6 is 52.5 Å². The molecule has 43 heavy (non-hydrogen) atoms. The molecule has 0 unspecified atom stereocenters. The molecule has 0 aliphatic carbocycles. The topological polar surface area (TPSA) is 0 Å². The molecular weight excluding hydrogens is 824 g/mol. The van der Waals surface area contributed by atoms with Crippen molar-refractivity contribution in [1.29, 1.82) is 0 Å². The summed E-state index contributed by atoms with van der Waals surface area (Å²) in [6.07, 6.45) is 13.3. The van der Waals surface area contributed by atoms with E-state index in [1.54, 1.807) is 0 Å². The Morgan fingerprint density at radius 2 is 0.349 bits per heavy atom. The van der Waals surface area contributed by atoms with Crippen molar-refractivity contribution in [3.05, 3.63) is 0 Å². The summed E-state index contributed by atoms with van der Waals surface area (Å²) in [5.41, 5.74) is 0. The first-order chi connectivity index (χ1) is 19.5. The van der Waals surface area contributed by atoms with E-state index in [1.807, 2.05) is 0 Å². The van der Waals surface area contributed by atoms with Gasteiger partial charge in [-0.25, -0.2) is 0 Å². The fourth-order valence-corrected chi connectivity index (χ4v) is 16.0. The summed E-state index contributed by atoms with van der Waals surface area (Å²) < 4.78 is 0. The molecule has 0 aromatic heterocycles. The van der Waals surface area contributed by atoms with Crippen molar-refractivity contribution < 1.29 is 13.5 Å². The molecule has 0 fully saturated rings. The van der Waals surface area contributed by atoms with Gasteiger partial charge in [-0.05, 0) is 109 Å². The van der Waals surface area contributed by atoms with Crippen molar-refractivity contribution >= 4 is 52.5 Å². The predicted molar refractivity (Wildman–Crippen MR) is 216 cm³/mol. The number of hydrogen-bond donors (Lipinski definition) is 0. The van der Waals surface area contributed by atoms with Gasteiger partial charge in [0.05, 0.1) is 0 Å². The minimum absolute atomic E-state index is 0.321. The summed E-state index contributed by atoms with van der Waals surface area (Å²) >= 11 is -1.92. The van der Waals surface area contributed by atoms with Crippen LogP contribution in [0.15, 0.2) is 0 Å². The summed E-state index contributed by atoms with van der Waals surface area (Å²) in [7, 11) is 15.9. The molecule has 7 heteroatoms. The van der Waals surface area contributed by atoms with E-state index in [9.17, 15) is 0 Å².